The monoisotopic (exact) mass is 473 g/mol. The number of fused-ring (bicyclic) bond motifs is 1. The van der Waals surface area contributed by atoms with Crippen molar-refractivity contribution in [3.05, 3.63) is 35.5 Å². The summed E-state index contributed by atoms with van der Waals surface area (Å²) in [5, 5.41) is 15.6. The van der Waals surface area contributed by atoms with Gasteiger partial charge in [-0.15, -0.1) is 0 Å². The molecule has 2 aliphatic rings. The molecule has 0 aliphatic carbocycles. The van der Waals surface area contributed by atoms with Crippen LogP contribution in [0.2, 0.25) is 0 Å². The first-order valence-corrected chi connectivity index (χ1v) is 11.1. The number of rotatable bonds is 8. The predicted octanol–water partition coefficient (Wildman–Crippen LogP) is 1.26. The van der Waals surface area contributed by atoms with Crippen molar-refractivity contribution in [1.29, 1.82) is 0 Å². The normalized spacial score (nSPS) is 20.3. The van der Waals surface area contributed by atoms with E-state index in [-0.39, 0.29) is 30.1 Å². The molecule has 1 aromatic rings. The molecule has 3 atom stereocenters. The minimum atomic E-state index is -0.862. The molecule has 2 heterocycles. The van der Waals surface area contributed by atoms with E-state index in [1.54, 1.807) is 59.0 Å². The topological polar surface area (TPSA) is 134 Å². The molecule has 1 saturated heterocycles. The van der Waals surface area contributed by atoms with E-state index in [2.05, 4.69) is 10.6 Å². The van der Waals surface area contributed by atoms with Crippen LogP contribution in [0.25, 0.3) is 5.57 Å². The molecule has 34 heavy (non-hydrogen) atoms. The largest absolute Gasteiger partial charge is 0.427 e. The maximum Gasteiger partial charge on any atom is 0.358 e. The highest BCUT2D eigenvalue weighted by molar-refractivity contribution is 6.07. The zero-order valence-corrected chi connectivity index (χ0v) is 20.0. The Hall–Kier alpha value is -3.40. The fourth-order valence-electron chi connectivity index (χ4n) is 4.03. The van der Waals surface area contributed by atoms with E-state index < -0.39 is 36.2 Å². The number of likely N-dealkylation sites (N-methyl/N-ethyl adjacent to an activating group) is 1. The number of esters is 2. The van der Waals surface area contributed by atoms with Gasteiger partial charge in [0.15, 0.2) is 0 Å². The lowest BCUT2D eigenvalue weighted by atomic mass is 9.82. The summed E-state index contributed by atoms with van der Waals surface area (Å²) in [4.78, 5) is 50.6. The number of amides is 2. The van der Waals surface area contributed by atoms with Gasteiger partial charge in [-0.1, -0.05) is 12.1 Å². The average Bonchev–Trinajstić information content (AvgIpc) is 3.11. The Balaban J connectivity index is 1.86. The number of aliphatic hydroxyl groups is 1. The van der Waals surface area contributed by atoms with Crippen LogP contribution in [-0.2, 0) is 28.7 Å². The van der Waals surface area contributed by atoms with Crippen molar-refractivity contribution in [1.82, 2.24) is 10.2 Å². The molecule has 0 saturated carbocycles. The number of benzene rings is 1. The Bertz CT molecular complexity index is 1030. The van der Waals surface area contributed by atoms with Crippen molar-refractivity contribution in [3.8, 4) is 0 Å². The van der Waals surface area contributed by atoms with E-state index in [1.807, 2.05) is 0 Å². The first-order valence-electron chi connectivity index (χ1n) is 11.1. The highest BCUT2D eigenvalue weighted by atomic mass is 16.7. The first-order chi connectivity index (χ1) is 16.0. The van der Waals surface area contributed by atoms with Crippen molar-refractivity contribution in [2.75, 3.05) is 25.7 Å². The van der Waals surface area contributed by atoms with Crippen LogP contribution in [-0.4, -0.2) is 66.3 Å². The third-order valence-corrected chi connectivity index (χ3v) is 5.86. The number of nitrogens with zero attached hydrogens (tertiary/aromatic N) is 1. The summed E-state index contributed by atoms with van der Waals surface area (Å²) in [5.74, 6) is -2.48. The lowest BCUT2D eigenvalue weighted by Crippen LogP contribution is -2.61. The quantitative estimate of drug-likeness (QED) is 0.292. The molecule has 0 radical (unpaired) electrons. The molecule has 184 valence electrons. The second kappa shape index (κ2) is 9.84. The van der Waals surface area contributed by atoms with Gasteiger partial charge in [0.05, 0.1) is 30.0 Å². The van der Waals surface area contributed by atoms with Gasteiger partial charge >= 0.3 is 11.9 Å². The molecule has 10 nitrogen and oxygen atoms in total. The molecular formula is C24H31N3O7. The molecule has 0 spiro atoms. The number of aliphatic hydroxyl groups excluding tert-OH is 1. The van der Waals surface area contributed by atoms with E-state index in [9.17, 15) is 24.3 Å². The first kappa shape index (κ1) is 25.2. The Kier molecular flexibility index (Phi) is 7.30. The second-order valence-electron chi connectivity index (χ2n) is 9.41. The Labute approximate surface area is 198 Å². The van der Waals surface area contributed by atoms with E-state index in [0.29, 0.717) is 23.2 Å². The van der Waals surface area contributed by atoms with E-state index >= 15 is 0 Å². The van der Waals surface area contributed by atoms with Gasteiger partial charge in [-0.3, -0.25) is 14.4 Å². The van der Waals surface area contributed by atoms with E-state index in [0.717, 1.165) is 0 Å². The zero-order valence-electron chi connectivity index (χ0n) is 20.0. The molecular weight excluding hydrogens is 442 g/mol. The summed E-state index contributed by atoms with van der Waals surface area (Å²) in [6.45, 7) is 6.08. The summed E-state index contributed by atoms with van der Waals surface area (Å²) in [5.41, 5.74) is 1.23. The van der Waals surface area contributed by atoms with Gasteiger partial charge in [0.1, 0.15) is 5.70 Å². The Morgan fingerprint density at radius 2 is 1.94 bits per heavy atom. The van der Waals surface area contributed by atoms with Crippen LogP contribution in [0, 0.1) is 11.3 Å². The lowest BCUT2D eigenvalue weighted by molar-refractivity contribution is -0.175. The number of nitrogens with one attached hydrogen (secondary N) is 2. The van der Waals surface area contributed by atoms with Crippen LogP contribution in [0.15, 0.2) is 30.0 Å². The SMILES string of the molecule is CNC(=O)CNc1cccc(C2=C(C(=O)OCOC(=O)C(C)(C)C)N3C(=O)[C@H]([C@@H](C)O)[C@H]3C2)c1. The molecule has 10 heteroatoms. The van der Waals surface area contributed by atoms with Gasteiger partial charge in [-0.25, -0.2) is 4.79 Å². The molecule has 2 amide bonds. The van der Waals surface area contributed by atoms with Crippen LogP contribution >= 0.6 is 0 Å². The van der Waals surface area contributed by atoms with Crippen molar-refractivity contribution in [2.45, 2.75) is 46.3 Å². The third kappa shape index (κ3) is 5.06. The molecule has 1 fully saturated rings. The number of ether oxygens (including phenoxy) is 2. The number of hydrogen-bond acceptors (Lipinski definition) is 8. The summed E-state index contributed by atoms with van der Waals surface area (Å²) in [6, 6.07) is 6.75. The molecule has 0 aromatic heterocycles. The maximum atomic E-state index is 13.0. The standard InChI is InChI=1S/C24H31N3O7/c1-13(28)19-17-10-16(14-7-6-8-15(9-14)26-11-18(29)25-5)20(27(17)21(19)30)22(31)33-12-34-23(32)24(2,3)4/h6-9,13,17,19,26,28H,10-12H2,1-5H3,(H,25,29)/t13-,17-,19-/m1/s1. The number of anilines is 1. The third-order valence-electron chi connectivity index (χ3n) is 5.86. The number of carbonyl (C=O) groups excluding carboxylic acids is 4. The van der Waals surface area contributed by atoms with Gasteiger partial charge in [-0.05, 0) is 57.4 Å². The minimum Gasteiger partial charge on any atom is -0.427 e. The fourth-order valence-corrected chi connectivity index (χ4v) is 4.03. The smallest absolute Gasteiger partial charge is 0.358 e. The van der Waals surface area contributed by atoms with E-state index in [4.69, 9.17) is 9.47 Å². The van der Waals surface area contributed by atoms with Crippen molar-refractivity contribution in [2.24, 2.45) is 11.3 Å². The Morgan fingerprint density at radius 3 is 2.56 bits per heavy atom. The summed E-state index contributed by atoms with van der Waals surface area (Å²) >= 11 is 0. The maximum absolute atomic E-state index is 13.0. The summed E-state index contributed by atoms with van der Waals surface area (Å²) < 4.78 is 10.2. The Morgan fingerprint density at radius 1 is 1.24 bits per heavy atom. The molecule has 3 N–H and O–H groups in total. The number of carbonyl (C=O) groups is 4. The van der Waals surface area contributed by atoms with Crippen molar-refractivity contribution >= 4 is 35.0 Å². The van der Waals surface area contributed by atoms with Crippen LogP contribution in [0.5, 0.6) is 0 Å². The van der Waals surface area contributed by atoms with Gasteiger partial charge in [0.2, 0.25) is 18.6 Å². The number of β-lactam (4-membered cyclic amide) rings is 1. The highest BCUT2D eigenvalue weighted by Crippen LogP contribution is 2.47. The number of hydrogen-bond donors (Lipinski definition) is 3. The molecule has 2 aliphatic heterocycles. The van der Waals surface area contributed by atoms with Crippen LogP contribution < -0.4 is 10.6 Å². The van der Waals surface area contributed by atoms with E-state index in [1.165, 1.54) is 4.90 Å². The van der Waals surface area contributed by atoms with Crippen LogP contribution in [0.1, 0.15) is 39.7 Å². The van der Waals surface area contributed by atoms with Crippen molar-refractivity contribution in [3.63, 3.8) is 0 Å². The van der Waals surface area contributed by atoms with Crippen LogP contribution in [0.3, 0.4) is 0 Å². The summed E-state index contributed by atoms with van der Waals surface area (Å²) in [6.07, 6.45) is -0.509. The summed E-state index contributed by atoms with van der Waals surface area (Å²) in [7, 11) is 1.54. The van der Waals surface area contributed by atoms with Crippen LogP contribution in [0.4, 0.5) is 5.69 Å². The average molecular weight is 474 g/mol. The lowest BCUT2D eigenvalue weighted by Gasteiger charge is -2.44. The van der Waals surface area contributed by atoms with Gasteiger partial charge < -0.3 is 30.1 Å². The van der Waals surface area contributed by atoms with Gasteiger partial charge in [0, 0.05) is 12.7 Å². The van der Waals surface area contributed by atoms with Gasteiger partial charge in [0.25, 0.3) is 0 Å². The molecule has 0 unspecified atom stereocenters. The molecule has 3 rings (SSSR count). The zero-order chi connectivity index (χ0) is 25.2. The molecule has 0 bridgehead atoms. The minimum absolute atomic E-state index is 0.0714. The fraction of sp³-hybridized carbons (Fsp3) is 0.500. The predicted molar refractivity (Wildman–Crippen MR) is 123 cm³/mol. The molecule has 1 aromatic carbocycles. The van der Waals surface area contributed by atoms with Crippen molar-refractivity contribution < 1.29 is 33.8 Å². The van der Waals surface area contributed by atoms with Gasteiger partial charge in [-0.2, -0.15) is 0 Å². The second-order valence-corrected chi connectivity index (χ2v) is 9.41. The highest BCUT2D eigenvalue weighted by Gasteiger charge is 2.57.